The Hall–Kier alpha value is -1.06. The van der Waals surface area contributed by atoms with Gasteiger partial charge in [-0.05, 0) is 51.3 Å². The fourth-order valence-corrected chi connectivity index (χ4v) is 1.68. The van der Waals surface area contributed by atoms with Crippen LogP contribution >= 0.6 is 0 Å². The van der Waals surface area contributed by atoms with Crippen LogP contribution in [0.4, 0.5) is 0 Å². The average molecular weight is 251 g/mol. The zero-order valence-corrected chi connectivity index (χ0v) is 11.9. The minimum Gasteiger partial charge on any atom is -0.497 e. The Morgan fingerprint density at radius 2 is 1.78 bits per heavy atom. The number of benzene rings is 1. The number of ether oxygens (including phenoxy) is 2. The third-order valence-corrected chi connectivity index (χ3v) is 2.68. The van der Waals surface area contributed by atoms with Crippen molar-refractivity contribution in [3.8, 4) is 5.75 Å². The first-order valence-electron chi connectivity index (χ1n) is 6.43. The molecule has 3 heteroatoms. The number of hydrogen-bond donors (Lipinski definition) is 1. The Kier molecular flexibility index (Phi) is 5.63. The van der Waals surface area contributed by atoms with Crippen molar-refractivity contribution in [1.82, 2.24) is 0 Å². The quantitative estimate of drug-likeness (QED) is 0.845. The van der Waals surface area contributed by atoms with Crippen molar-refractivity contribution in [2.24, 2.45) is 5.73 Å². The molecule has 0 aromatic heterocycles. The minimum atomic E-state index is -0.0835. The molecular formula is C15H25NO2. The standard InChI is InChI=1S/C15H25NO2/c1-15(2,3)18-10-9-13(16)11-12-5-7-14(17-4)8-6-12/h5-8,13H,9-11,16H2,1-4H3. The maximum absolute atomic E-state index is 6.09. The second-order valence-corrected chi connectivity index (χ2v) is 5.56. The summed E-state index contributed by atoms with van der Waals surface area (Å²) in [6.07, 6.45) is 1.75. The van der Waals surface area contributed by atoms with Crippen LogP contribution in [0.25, 0.3) is 0 Å². The van der Waals surface area contributed by atoms with E-state index in [4.69, 9.17) is 15.2 Å². The van der Waals surface area contributed by atoms with Crippen molar-refractivity contribution in [3.63, 3.8) is 0 Å². The van der Waals surface area contributed by atoms with Crippen molar-refractivity contribution in [2.75, 3.05) is 13.7 Å². The summed E-state index contributed by atoms with van der Waals surface area (Å²) in [5, 5.41) is 0. The van der Waals surface area contributed by atoms with Gasteiger partial charge in [-0.2, -0.15) is 0 Å². The van der Waals surface area contributed by atoms with E-state index < -0.39 is 0 Å². The van der Waals surface area contributed by atoms with Crippen LogP contribution in [0.15, 0.2) is 24.3 Å². The van der Waals surface area contributed by atoms with Crippen LogP contribution in [0.5, 0.6) is 5.75 Å². The van der Waals surface area contributed by atoms with E-state index in [9.17, 15) is 0 Å². The second-order valence-electron chi connectivity index (χ2n) is 5.56. The van der Waals surface area contributed by atoms with Gasteiger partial charge in [0, 0.05) is 12.6 Å². The van der Waals surface area contributed by atoms with E-state index in [2.05, 4.69) is 32.9 Å². The monoisotopic (exact) mass is 251 g/mol. The van der Waals surface area contributed by atoms with Crippen molar-refractivity contribution >= 4 is 0 Å². The smallest absolute Gasteiger partial charge is 0.118 e. The third kappa shape index (κ3) is 6.03. The molecule has 102 valence electrons. The van der Waals surface area contributed by atoms with Gasteiger partial charge in [0.05, 0.1) is 12.7 Å². The SMILES string of the molecule is COc1ccc(CC(N)CCOC(C)(C)C)cc1. The van der Waals surface area contributed by atoms with E-state index >= 15 is 0 Å². The van der Waals surface area contributed by atoms with Crippen molar-refractivity contribution < 1.29 is 9.47 Å². The number of rotatable bonds is 6. The summed E-state index contributed by atoms with van der Waals surface area (Å²) in [6.45, 7) is 6.88. The van der Waals surface area contributed by atoms with Gasteiger partial charge >= 0.3 is 0 Å². The summed E-state index contributed by atoms with van der Waals surface area (Å²) in [7, 11) is 1.67. The van der Waals surface area contributed by atoms with Gasteiger partial charge in [-0.3, -0.25) is 0 Å². The molecule has 2 N–H and O–H groups in total. The van der Waals surface area contributed by atoms with Gasteiger partial charge in [0.1, 0.15) is 5.75 Å². The van der Waals surface area contributed by atoms with Gasteiger partial charge in [-0.1, -0.05) is 12.1 Å². The van der Waals surface area contributed by atoms with E-state index in [0.717, 1.165) is 18.6 Å². The topological polar surface area (TPSA) is 44.5 Å². The van der Waals surface area contributed by atoms with Crippen molar-refractivity contribution in [3.05, 3.63) is 29.8 Å². The molecule has 0 aliphatic carbocycles. The lowest BCUT2D eigenvalue weighted by Gasteiger charge is -2.21. The van der Waals surface area contributed by atoms with Crippen LogP contribution in [0.2, 0.25) is 0 Å². The largest absolute Gasteiger partial charge is 0.497 e. The Balaban J connectivity index is 2.32. The molecule has 18 heavy (non-hydrogen) atoms. The van der Waals surface area contributed by atoms with Crippen LogP contribution in [-0.4, -0.2) is 25.4 Å². The zero-order chi connectivity index (χ0) is 13.6. The predicted octanol–water partition coefficient (Wildman–Crippen LogP) is 2.77. The molecule has 0 amide bonds. The van der Waals surface area contributed by atoms with Gasteiger partial charge in [0.15, 0.2) is 0 Å². The Labute approximate surface area is 110 Å². The minimum absolute atomic E-state index is 0.0835. The molecular weight excluding hydrogens is 226 g/mol. The van der Waals surface area contributed by atoms with Gasteiger partial charge in [0.2, 0.25) is 0 Å². The molecule has 1 unspecified atom stereocenters. The highest BCUT2D eigenvalue weighted by Crippen LogP contribution is 2.13. The van der Waals surface area contributed by atoms with Gasteiger partial charge in [-0.15, -0.1) is 0 Å². The Morgan fingerprint density at radius 1 is 1.17 bits per heavy atom. The molecule has 0 spiro atoms. The van der Waals surface area contributed by atoms with E-state index in [1.165, 1.54) is 5.56 Å². The fourth-order valence-electron chi connectivity index (χ4n) is 1.68. The van der Waals surface area contributed by atoms with Crippen LogP contribution < -0.4 is 10.5 Å². The second kappa shape index (κ2) is 6.76. The van der Waals surface area contributed by atoms with Crippen molar-refractivity contribution in [1.29, 1.82) is 0 Å². The van der Waals surface area contributed by atoms with Crippen molar-refractivity contribution in [2.45, 2.75) is 45.3 Å². The lowest BCUT2D eigenvalue weighted by Crippen LogP contribution is -2.27. The molecule has 1 rings (SSSR count). The molecule has 0 aliphatic heterocycles. The fraction of sp³-hybridized carbons (Fsp3) is 0.600. The third-order valence-electron chi connectivity index (χ3n) is 2.68. The molecule has 1 aromatic carbocycles. The highest BCUT2D eigenvalue weighted by Gasteiger charge is 2.11. The molecule has 1 atom stereocenters. The molecule has 0 radical (unpaired) electrons. The lowest BCUT2D eigenvalue weighted by atomic mass is 10.0. The molecule has 0 fully saturated rings. The lowest BCUT2D eigenvalue weighted by molar-refractivity contribution is -0.00595. The highest BCUT2D eigenvalue weighted by molar-refractivity contribution is 5.27. The summed E-state index contributed by atoms with van der Waals surface area (Å²) in [6, 6.07) is 8.19. The maximum atomic E-state index is 6.09. The normalized spacial score (nSPS) is 13.4. The summed E-state index contributed by atoms with van der Waals surface area (Å²) in [5.41, 5.74) is 7.25. The summed E-state index contributed by atoms with van der Waals surface area (Å²) < 4.78 is 10.8. The molecule has 0 bridgehead atoms. The van der Waals surface area contributed by atoms with Gasteiger partial charge < -0.3 is 15.2 Å². The Bertz CT molecular complexity index is 341. The number of nitrogens with two attached hydrogens (primary N) is 1. The molecule has 0 aliphatic rings. The molecule has 0 saturated heterocycles. The van der Waals surface area contributed by atoms with E-state index in [1.54, 1.807) is 7.11 Å². The van der Waals surface area contributed by atoms with E-state index in [-0.39, 0.29) is 11.6 Å². The van der Waals surface area contributed by atoms with Crippen LogP contribution in [0, 0.1) is 0 Å². The molecule has 0 saturated carbocycles. The van der Waals surface area contributed by atoms with Crippen LogP contribution in [0.1, 0.15) is 32.8 Å². The molecule has 0 heterocycles. The molecule has 3 nitrogen and oxygen atoms in total. The Morgan fingerprint density at radius 3 is 2.28 bits per heavy atom. The zero-order valence-electron chi connectivity index (χ0n) is 11.9. The summed E-state index contributed by atoms with van der Waals surface area (Å²) in [4.78, 5) is 0. The van der Waals surface area contributed by atoms with E-state index in [1.807, 2.05) is 12.1 Å². The summed E-state index contributed by atoms with van der Waals surface area (Å²) in [5.74, 6) is 0.878. The summed E-state index contributed by atoms with van der Waals surface area (Å²) >= 11 is 0. The van der Waals surface area contributed by atoms with Gasteiger partial charge in [-0.25, -0.2) is 0 Å². The first-order valence-corrected chi connectivity index (χ1v) is 6.43. The molecule has 1 aromatic rings. The number of methoxy groups -OCH3 is 1. The first-order chi connectivity index (χ1) is 8.40. The van der Waals surface area contributed by atoms with Crippen LogP contribution in [0.3, 0.4) is 0 Å². The van der Waals surface area contributed by atoms with E-state index in [0.29, 0.717) is 6.61 Å². The first kappa shape index (κ1) is 15.0. The van der Waals surface area contributed by atoms with Gasteiger partial charge in [0.25, 0.3) is 0 Å². The average Bonchev–Trinajstić information content (AvgIpc) is 2.28. The maximum Gasteiger partial charge on any atom is 0.118 e. The highest BCUT2D eigenvalue weighted by atomic mass is 16.5. The number of hydrogen-bond acceptors (Lipinski definition) is 3. The van der Waals surface area contributed by atoms with Crippen LogP contribution in [-0.2, 0) is 11.2 Å². The predicted molar refractivity (Wildman–Crippen MR) is 75.0 cm³/mol.